The number of fused-ring (bicyclic) bond motifs is 1. The molecule has 1 aliphatic rings. The van der Waals surface area contributed by atoms with E-state index in [2.05, 4.69) is 10.6 Å². The second-order valence-electron chi connectivity index (χ2n) is 7.72. The summed E-state index contributed by atoms with van der Waals surface area (Å²) >= 11 is 0. The maximum absolute atomic E-state index is 12.0. The molecular weight excluding hydrogens is 372 g/mol. The summed E-state index contributed by atoms with van der Waals surface area (Å²) in [5, 5.41) is 6.23. The first kappa shape index (κ1) is 20.6. The molecule has 0 aromatic heterocycles. The molecule has 1 aliphatic heterocycles. The van der Waals surface area contributed by atoms with Crippen LogP contribution < -0.4 is 29.6 Å². The van der Waals surface area contributed by atoms with Crippen molar-refractivity contribution in [2.75, 3.05) is 25.3 Å². The van der Waals surface area contributed by atoms with Gasteiger partial charge in [-0.1, -0.05) is 6.07 Å². The fraction of sp³-hybridized carbons (Fsp3) is 0.409. The van der Waals surface area contributed by atoms with Gasteiger partial charge in [-0.15, -0.1) is 0 Å². The number of hydrogen-bond acceptors (Lipinski definition) is 6. The van der Waals surface area contributed by atoms with Crippen molar-refractivity contribution in [1.82, 2.24) is 5.32 Å². The van der Waals surface area contributed by atoms with Gasteiger partial charge < -0.3 is 29.6 Å². The van der Waals surface area contributed by atoms with Crippen molar-refractivity contribution < 1.29 is 23.7 Å². The minimum absolute atomic E-state index is 0.0634. The second kappa shape index (κ2) is 8.94. The fourth-order valence-electron chi connectivity index (χ4n) is 2.86. The Kier molecular flexibility index (Phi) is 6.36. The van der Waals surface area contributed by atoms with E-state index in [1.807, 2.05) is 64.1 Å². The molecule has 0 atom stereocenters. The van der Waals surface area contributed by atoms with E-state index >= 15 is 0 Å². The number of carbonyl (C=O) groups excluding carboxylic acids is 1. The molecule has 1 amide bonds. The third kappa shape index (κ3) is 5.94. The van der Waals surface area contributed by atoms with E-state index in [1.165, 1.54) is 0 Å². The van der Waals surface area contributed by atoms with Crippen LogP contribution in [0.15, 0.2) is 36.4 Å². The van der Waals surface area contributed by atoms with E-state index in [4.69, 9.17) is 18.9 Å². The van der Waals surface area contributed by atoms with E-state index in [9.17, 15) is 4.79 Å². The van der Waals surface area contributed by atoms with Gasteiger partial charge in [0.15, 0.2) is 29.6 Å². The molecule has 2 N–H and O–H groups in total. The minimum Gasteiger partial charge on any atom is -0.490 e. The molecule has 0 fully saturated rings. The Morgan fingerprint density at radius 1 is 1.03 bits per heavy atom. The lowest BCUT2D eigenvalue weighted by atomic mass is 10.1. The van der Waals surface area contributed by atoms with Crippen LogP contribution in [0, 0.1) is 0 Å². The lowest BCUT2D eigenvalue weighted by molar-refractivity contribution is -0.124. The smallest absolute Gasteiger partial charge is 0.258 e. The molecule has 3 rings (SSSR count). The van der Waals surface area contributed by atoms with Gasteiger partial charge in [0.05, 0.1) is 6.61 Å². The molecule has 0 spiro atoms. The molecule has 0 saturated heterocycles. The first-order valence-electron chi connectivity index (χ1n) is 9.67. The van der Waals surface area contributed by atoms with Crippen molar-refractivity contribution in [1.29, 1.82) is 0 Å². The van der Waals surface area contributed by atoms with Crippen LogP contribution in [0.25, 0.3) is 0 Å². The number of rotatable bonds is 8. The molecule has 2 aromatic carbocycles. The maximum atomic E-state index is 12.0. The Hall–Kier alpha value is -3.09. The number of amides is 1. The topological polar surface area (TPSA) is 78.1 Å². The molecule has 7 heteroatoms. The van der Waals surface area contributed by atoms with E-state index in [0.717, 1.165) is 22.7 Å². The van der Waals surface area contributed by atoms with Crippen LogP contribution >= 0.6 is 0 Å². The van der Waals surface area contributed by atoms with Gasteiger partial charge in [-0.3, -0.25) is 4.79 Å². The fourth-order valence-corrected chi connectivity index (χ4v) is 2.86. The van der Waals surface area contributed by atoms with Crippen LogP contribution in [-0.2, 0) is 11.3 Å². The van der Waals surface area contributed by atoms with Gasteiger partial charge in [-0.2, -0.15) is 0 Å². The number of carbonyl (C=O) groups is 1. The van der Waals surface area contributed by atoms with Gasteiger partial charge in [0.2, 0.25) is 6.79 Å². The average molecular weight is 400 g/mol. The minimum atomic E-state index is -0.298. The van der Waals surface area contributed by atoms with Crippen molar-refractivity contribution >= 4 is 11.6 Å². The molecule has 2 aromatic rings. The summed E-state index contributed by atoms with van der Waals surface area (Å²) in [6.07, 6.45) is 0. The Labute approximate surface area is 171 Å². The Balaban J connectivity index is 1.62. The molecule has 0 unspecified atom stereocenters. The zero-order valence-electron chi connectivity index (χ0n) is 17.3. The van der Waals surface area contributed by atoms with Gasteiger partial charge in [-0.05, 0) is 57.5 Å². The molecular formula is C22H28N2O5. The second-order valence-corrected chi connectivity index (χ2v) is 7.72. The SMILES string of the molecule is CCOc1cc(CNc2ccc3c(c2)OCO3)ccc1OCC(=O)NC(C)(C)C. The van der Waals surface area contributed by atoms with Gasteiger partial charge in [0.1, 0.15) is 0 Å². The monoisotopic (exact) mass is 400 g/mol. The predicted octanol–water partition coefficient (Wildman–Crippen LogP) is 3.72. The summed E-state index contributed by atoms with van der Waals surface area (Å²) in [5.41, 5.74) is 1.66. The number of anilines is 1. The van der Waals surface area contributed by atoms with Crippen LogP contribution in [0.1, 0.15) is 33.3 Å². The number of nitrogens with one attached hydrogen (secondary N) is 2. The molecule has 0 saturated carbocycles. The Bertz CT molecular complexity index is 861. The highest BCUT2D eigenvalue weighted by Crippen LogP contribution is 2.34. The third-order valence-electron chi connectivity index (χ3n) is 4.05. The highest BCUT2D eigenvalue weighted by atomic mass is 16.7. The molecule has 1 heterocycles. The van der Waals surface area contributed by atoms with Crippen LogP contribution in [0.4, 0.5) is 5.69 Å². The lowest BCUT2D eigenvalue weighted by Crippen LogP contribution is -2.43. The third-order valence-corrected chi connectivity index (χ3v) is 4.05. The summed E-state index contributed by atoms with van der Waals surface area (Å²) in [4.78, 5) is 12.0. The van der Waals surface area contributed by atoms with E-state index in [1.54, 1.807) is 0 Å². The standard InChI is InChI=1S/C22H28N2O5/c1-5-26-19-10-15(6-8-17(19)27-13-21(25)24-22(2,3)4)12-23-16-7-9-18-20(11-16)29-14-28-18/h6-11,23H,5,12-14H2,1-4H3,(H,24,25). The number of ether oxygens (including phenoxy) is 4. The van der Waals surface area contributed by atoms with Crippen molar-refractivity contribution in [2.24, 2.45) is 0 Å². The summed E-state index contributed by atoms with van der Waals surface area (Å²) < 4.78 is 22.1. The highest BCUT2D eigenvalue weighted by Gasteiger charge is 2.16. The summed E-state index contributed by atoms with van der Waals surface area (Å²) in [6.45, 7) is 9.00. The molecule has 0 radical (unpaired) electrons. The first-order chi connectivity index (χ1) is 13.8. The number of hydrogen-bond donors (Lipinski definition) is 2. The first-order valence-corrected chi connectivity index (χ1v) is 9.67. The van der Waals surface area contributed by atoms with Crippen molar-refractivity contribution in [3.63, 3.8) is 0 Å². The summed E-state index contributed by atoms with van der Waals surface area (Å²) in [5.74, 6) is 2.48. The lowest BCUT2D eigenvalue weighted by Gasteiger charge is -2.21. The highest BCUT2D eigenvalue weighted by molar-refractivity contribution is 5.78. The van der Waals surface area contributed by atoms with E-state index < -0.39 is 0 Å². The molecule has 29 heavy (non-hydrogen) atoms. The summed E-state index contributed by atoms with van der Waals surface area (Å²) in [7, 11) is 0. The Morgan fingerprint density at radius 2 is 1.83 bits per heavy atom. The van der Waals surface area contributed by atoms with Crippen molar-refractivity contribution in [3.8, 4) is 23.0 Å². The van der Waals surface area contributed by atoms with Crippen LogP contribution in [-0.4, -0.2) is 31.5 Å². The largest absolute Gasteiger partial charge is 0.490 e. The summed E-state index contributed by atoms with van der Waals surface area (Å²) in [6, 6.07) is 11.4. The van der Waals surface area contributed by atoms with Gasteiger partial charge >= 0.3 is 0 Å². The van der Waals surface area contributed by atoms with Crippen molar-refractivity contribution in [3.05, 3.63) is 42.0 Å². The normalized spacial score (nSPS) is 12.4. The molecule has 0 aliphatic carbocycles. The predicted molar refractivity (Wildman–Crippen MR) is 111 cm³/mol. The Morgan fingerprint density at radius 3 is 2.59 bits per heavy atom. The molecule has 156 valence electrons. The zero-order valence-corrected chi connectivity index (χ0v) is 17.3. The van der Waals surface area contributed by atoms with Crippen LogP contribution in [0.2, 0.25) is 0 Å². The van der Waals surface area contributed by atoms with E-state index in [0.29, 0.717) is 24.7 Å². The van der Waals surface area contributed by atoms with E-state index in [-0.39, 0.29) is 24.8 Å². The van der Waals surface area contributed by atoms with Gasteiger partial charge in [0, 0.05) is 23.8 Å². The average Bonchev–Trinajstić information content (AvgIpc) is 3.12. The molecule has 7 nitrogen and oxygen atoms in total. The van der Waals surface area contributed by atoms with Gasteiger partial charge in [-0.25, -0.2) is 0 Å². The quantitative estimate of drug-likeness (QED) is 0.703. The van der Waals surface area contributed by atoms with Gasteiger partial charge in [0.25, 0.3) is 5.91 Å². The maximum Gasteiger partial charge on any atom is 0.258 e. The van der Waals surface area contributed by atoms with Crippen LogP contribution in [0.5, 0.6) is 23.0 Å². The number of benzene rings is 2. The zero-order chi connectivity index (χ0) is 20.9. The van der Waals surface area contributed by atoms with Crippen molar-refractivity contribution in [2.45, 2.75) is 39.8 Å². The van der Waals surface area contributed by atoms with Crippen LogP contribution in [0.3, 0.4) is 0 Å². The molecule has 0 bridgehead atoms.